The van der Waals surface area contributed by atoms with Gasteiger partial charge in [0.1, 0.15) is 6.04 Å². The monoisotopic (exact) mass is 448 g/mol. The van der Waals surface area contributed by atoms with Crippen molar-refractivity contribution in [2.45, 2.75) is 38.4 Å². The number of hydrogen-bond donors (Lipinski definition) is 1. The van der Waals surface area contributed by atoms with Gasteiger partial charge in [0.05, 0.1) is 12.3 Å². The number of piperidine rings is 1. The molecule has 2 atom stereocenters. The predicted octanol–water partition coefficient (Wildman–Crippen LogP) is 1.98. The van der Waals surface area contributed by atoms with Crippen molar-refractivity contribution in [3.8, 4) is 11.3 Å². The summed E-state index contributed by atoms with van der Waals surface area (Å²) in [7, 11) is 2.13. The van der Waals surface area contributed by atoms with Gasteiger partial charge in [0, 0.05) is 50.0 Å². The van der Waals surface area contributed by atoms with Crippen molar-refractivity contribution in [2.75, 3.05) is 26.8 Å². The quantitative estimate of drug-likeness (QED) is 0.680. The zero-order valence-corrected chi connectivity index (χ0v) is 18.8. The molecule has 1 N–H and O–H groups in total. The molecule has 0 bridgehead atoms. The molecule has 3 aliphatic rings. The van der Waals surface area contributed by atoms with E-state index < -0.39 is 11.9 Å². The van der Waals surface area contributed by atoms with Crippen molar-refractivity contribution >= 4 is 17.7 Å². The van der Waals surface area contributed by atoms with E-state index in [1.165, 1.54) is 5.56 Å². The van der Waals surface area contributed by atoms with Gasteiger partial charge in [-0.05, 0) is 61.2 Å². The first-order chi connectivity index (χ1) is 16.0. The predicted molar refractivity (Wildman–Crippen MR) is 121 cm³/mol. The zero-order valence-electron chi connectivity index (χ0n) is 18.8. The van der Waals surface area contributed by atoms with Crippen molar-refractivity contribution in [3.05, 3.63) is 53.2 Å². The molecule has 2 unspecified atom stereocenters. The zero-order chi connectivity index (χ0) is 22.9. The highest BCUT2D eigenvalue weighted by molar-refractivity contribution is 6.05. The Morgan fingerprint density at radius 1 is 1.18 bits per heavy atom. The average molecular weight is 449 g/mol. The summed E-state index contributed by atoms with van der Waals surface area (Å²) < 4.78 is 5.48. The second-order valence-electron chi connectivity index (χ2n) is 9.25. The molecule has 33 heavy (non-hydrogen) atoms. The van der Waals surface area contributed by atoms with Crippen LogP contribution in [0.2, 0.25) is 0 Å². The van der Waals surface area contributed by atoms with Gasteiger partial charge in [-0.15, -0.1) is 0 Å². The lowest BCUT2D eigenvalue weighted by atomic mass is 10.0. The van der Waals surface area contributed by atoms with Gasteiger partial charge >= 0.3 is 0 Å². The minimum atomic E-state index is -0.603. The van der Waals surface area contributed by atoms with Crippen molar-refractivity contribution < 1.29 is 19.1 Å². The fraction of sp³-hybridized carbons (Fsp3) is 0.440. The molecule has 5 rings (SSSR count). The highest BCUT2D eigenvalue weighted by Crippen LogP contribution is 2.31. The highest BCUT2D eigenvalue weighted by atomic mass is 16.5. The van der Waals surface area contributed by atoms with Gasteiger partial charge in [-0.25, -0.2) is 0 Å². The number of hydrogen-bond acceptors (Lipinski definition) is 6. The molecule has 4 heterocycles. The molecular weight excluding hydrogens is 420 g/mol. The Morgan fingerprint density at radius 2 is 2.06 bits per heavy atom. The lowest BCUT2D eigenvalue weighted by Crippen LogP contribution is -2.52. The molecule has 3 amide bonds. The first-order valence-corrected chi connectivity index (χ1v) is 11.5. The van der Waals surface area contributed by atoms with E-state index in [-0.39, 0.29) is 18.2 Å². The van der Waals surface area contributed by atoms with Gasteiger partial charge in [0.15, 0.2) is 0 Å². The number of amides is 3. The molecule has 2 fully saturated rings. The Balaban J connectivity index is 1.30. The summed E-state index contributed by atoms with van der Waals surface area (Å²) in [5.74, 6) is -0.241. The van der Waals surface area contributed by atoms with Crippen molar-refractivity contribution in [1.82, 2.24) is 20.1 Å². The van der Waals surface area contributed by atoms with Crippen LogP contribution in [0.4, 0.5) is 0 Å². The second kappa shape index (κ2) is 9.03. The van der Waals surface area contributed by atoms with Gasteiger partial charge < -0.3 is 14.5 Å². The molecule has 0 spiro atoms. The number of carbonyl (C=O) groups excluding carboxylic acids is 3. The van der Waals surface area contributed by atoms with E-state index in [0.717, 1.165) is 49.5 Å². The van der Waals surface area contributed by atoms with Crippen LogP contribution >= 0.6 is 0 Å². The summed E-state index contributed by atoms with van der Waals surface area (Å²) in [5.41, 5.74) is 4.48. The van der Waals surface area contributed by atoms with Crippen LogP contribution in [-0.2, 0) is 27.4 Å². The molecule has 172 valence electrons. The number of rotatable bonds is 6. The Kier molecular flexibility index (Phi) is 5.95. The Hall–Kier alpha value is -3.10. The third-order valence-corrected chi connectivity index (χ3v) is 6.69. The van der Waals surface area contributed by atoms with Crippen LogP contribution in [0.5, 0.6) is 0 Å². The Labute approximate surface area is 192 Å². The van der Waals surface area contributed by atoms with Gasteiger partial charge in [-0.1, -0.05) is 6.07 Å². The van der Waals surface area contributed by atoms with E-state index in [0.29, 0.717) is 24.4 Å². The van der Waals surface area contributed by atoms with Crippen molar-refractivity contribution in [3.63, 3.8) is 0 Å². The largest absolute Gasteiger partial charge is 0.381 e. The van der Waals surface area contributed by atoms with Crippen LogP contribution in [0.25, 0.3) is 11.3 Å². The Morgan fingerprint density at radius 3 is 2.85 bits per heavy atom. The van der Waals surface area contributed by atoms with Crippen molar-refractivity contribution in [2.24, 2.45) is 5.92 Å². The minimum absolute atomic E-state index is 0.162. The maximum absolute atomic E-state index is 12.9. The normalized spacial score (nSPS) is 22.7. The first-order valence-electron chi connectivity index (χ1n) is 11.5. The molecule has 3 aliphatic heterocycles. The summed E-state index contributed by atoms with van der Waals surface area (Å²) in [5, 5.41) is 2.34. The van der Waals surface area contributed by atoms with E-state index in [1.54, 1.807) is 4.90 Å². The third kappa shape index (κ3) is 4.54. The van der Waals surface area contributed by atoms with E-state index in [1.807, 2.05) is 30.5 Å². The molecule has 0 radical (unpaired) electrons. The molecule has 1 aromatic heterocycles. The SMILES string of the molecule is CN(Cc1ccnc(-c2ccc3c(c2)CN(C2CCC(=O)NC2=O)C3=O)c1)CC1CCOC1. The average Bonchev–Trinajstić information content (AvgIpc) is 3.41. The first kappa shape index (κ1) is 21.7. The van der Waals surface area contributed by atoms with Gasteiger partial charge in [0.25, 0.3) is 5.91 Å². The number of pyridine rings is 1. The van der Waals surface area contributed by atoms with Crippen LogP contribution < -0.4 is 5.32 Å². The van der Waals surface area contributed by atoms with Crippen LogP contribution in [0, 0.1) is 5.92 Å². The topological polar surface area (TPSA) is 91.8 Å². The third-order valence-electron chi connectivity index (χ3n) is 6.69. The number of aromatic nitrogens is 1. The van der Waals surface area contributed by atoms with Crippen LogP contribution in [0.3, 0.4) is 0 Å². The molecule has 2 aromatic rings. The van der Waals surface area contributed by atoms with Gasteiger partial charge in [0.2, 0.25) is 11.8 Å². The number of benzene rings is 1. The molecule has 8 heteroatoms. The van der Waals surface area contributed by atoms with Gasteiger partial charge in [-0.2, -0.15) is 0 Å². The number of nitrogens with one attached hydrogen (secondary N) is 1. The van der Waals surface area contributed by atoms with E-state index in [2.05, 4.69) is 28.3 Å². The lowest BCUT2D eigenvalue weighted by Gasteiger charge is -2.29. The number of fused-ring (bicyclic) bond motifs is 1. The summed E-state index contributed by atoms with van der Waals surface area (Å²) >= 11 is 0. The summed E-state index contributed by atoms with van der Waals surface area (Å²) in [4.78, 5) is 45.1. The summed E-state index contributed by atoms with van der Waals surface area (Å²) in [6, 6.07) is 9.25. The fourth-order valence-corrected chi connectivity index (χ4v) is 5.01. The molecule has 2 saturated heterocycles. The maximum atomic E-state index is 12.9. The van der Waals surface area contributed by atoms with E-state index >= 15 is 0 Å². The Bertz CT molecular complexity index is 1100. The second-order valence-corrected chi connectivity index (χ2v) is 9.25. The minimum Gasteiger partial charge on any atom is -0.381 e. The van der Waals surface area contributed by atoms with Crippen LogP contribution in [-0.4, -0.2) is 65.4 Å². The van der Waals surface area contributed by atoms with E-state index in [4.69, 9.17) is 4.74 Å². The number of ether oxygens (including phenoxy) is 1. The smallest absolute Gasteiger partial charge is 0.255 e. The van der Waals surface area contributed by atoms with Crippen LogP contribution in [0.1, 0.15) is 40.7 Å². The summed E-state index contributed by atoms with van der Waals surface area (Å²) in [6.45, 7) is 3.91. The van der Waals surface area contributed by atoms with E-state index in [9.17, 15) is 14.4 Å². The maximum Gasteiger partial charge on any atom is 0.255 e. The fourth-order valence-electron chi connectivity index (χ4n) is 5.01. The molecule has 0 saturated carbocycles. The lowest BCUT2D eigenvalue weighted by molar-refractivity contribution is -0.136. The summed E-state index contributed by atoms with van der Waals surface area (Å²) in [6.07, 6.45) is 3.56. The number of nitrogens with zero attached hydrogens (tertiary/aromatic N) is 3. The van der Waals surface area contributed by atoms with Crippen LogP contribution in [0.15, 0.2) is 36.5 Å². The molecule has 1 aromatic carbocycles. The standard InChI is InChI=1S/C25H28N4O4/c1-28(13-17-7-9-33-15-17)12-16-6-8-26-21(10-16)18-2-3-20-19(11-18)14-29(25(20)32)22-4-5-23(30)27-24(22)31/h2-3,6,8,10-11,17,22H,4-5,7,9,12-15H2,1H3,(H,27,30,31). The number of carbonyl (C=O) groups is 3. The van der Waals surface area contributed by atoms with Gasteiger partial charge in [-0.3, -0.25) is 24.7 Å². The molecular formula is C25H28N4O4. The molecule has 8 nitrogen and oxygen atoms in total. The number of imide groups is 1. The van der Waals surface area contributed by atoms with Crippen molar-refractivity contribution in [1.29, 1.82) is 0 Å². The highest BCUT2D eigenvalue weighted by Gasteiger charge is 2.39. The molecule has 0 aliphatic carbocycles.